The lowest BCUT2D eigenvalue weighted by atomic mass is 9.94. The molecule has 0 unspecified atom stereocenters. The van der Waals surface area contributed by atoms with Gasteiger partial charge in [-0.3, -0.25) is 14.5 Å². The molecule has 2 amide bonds. The van der Waals surface area contributed by atoms with Crippen LogP contribution in [0.1, 0.15) is 44.1 Å². The van der Waals surface area contributed by atoms with Crippen molar-refractivity contribution < 1.29 is 24.4 Å². The van der Waals surface area contributed by atoms with Crippen LogP contribution in [-0.2, 0) is 16.0 Å². The summed E-state index contributed by atoms with van der Waals surface area (Å²) in [5, 5.41) is 2.01. The first kappa shape index (κ1) is 18.7. The highest BCUT2D eigenvalue weighted by Crippen LogP contribution is 2.28. The molecule has 2 fully saturated rings. The lowest BCUT2D eigenvalue weighted by Gasteiger charge is -2.29. The molecule has 0 radical (unpaired) electrons. The highest BCUT2D eigenvalue weighted by atomic mass is 16.5. The number of hydrogen-bond acceptors (Lipinski definition) is 4. The summed E-state index contributed by atoms with van der Waals surface area (Å²) in [5.41, 5.74) is 1.12. The van der Waals surface area contributed by atoms with Crippen LogP contribution in [0.4, 0.5) is 0 Å². The first-order valence-electron chi connectivity index (χ1n) is 9.54. The van der Waals surface area contributed by atoms with Gasteiger partial charge in [-0.25, -0.2) is 0 Å². The molecule has 1 aromatic carbocycles. The van der Waals surface area contributed by atoms with Gasteiger partial charge in [-0.05, 0) is 30.5 Å². The standard InChI is InChI=1S/C20H28N2O4/c1-25-17-9-8-14(12-18(17)26-2)10-11-21-16-13-19(23)22(20(16)24)15-6-4-3-5-7-15/h8-9,12,15-16,21H,3-7,10-11,13H2,1-2H3/p+1/t16-/m0/s1. The predicted octanol–water partition coefficient (Wildman–Crippen LogP) is 1.27. The third-order valence-corrected chi connectivity index (χ3v) is 5.49. The fourth-order valence-corrected chi connectivity index (χ4v) is 4.07. The molecule has 0 bridgehead atoms. The van der Waals surface area contributed by atoms with Gasteiger partial charge in [0.15, 0.2) is 17.5 Å². The minimum Gasteiger partial charge on any atom is -0.493 e. The Hall–Kier alpha value is -2.08. The third kappa shape index (κ3) is 4.01. The maximum absolute atomic E-state index is 12.7. The van der Waals surface area contributed by atoms with E-state index < -0.39 is 0 Å². The van der Waals surface area contributed by atoms with Crippen LogP contribution in [0.15, 0.2) is 18.2 Å². The maximum atomic E-state index is 12.7. The summed E-state index contributed by atoms with van der Waals surface area (Å²) in [7, 11) is 3.24. The zero-order valence-electron chi connectivity index (χ0n) is 15.7. The van der Waals surface area contributed by atoms with Gasteiger partial charge >= 0.3 is 0 Å². The van der Waals surface area contributed by atoms with E-state index in [1.165, 1.54) is 6.42 Å². The number of hydrogen-bond donors (Lipinski definition) is 1. The van der Waals surface area contributed by atoms with Gasteiger partial charge in [-0.2, -0.15) is 0 Å². The van der Waals surface area contributed by atoms with Crippen molar-refractivity contribution in [2.24, 2.45) is 0 Å². The number of methoxy groups -OCH3 is 2. The Balaban J connectivity index is 1.53. The minimum absolute atomic E-state index is 0.00853. The first-order chi connectivity index (χ1) is 12.6. The largest absolute Gasteiger partial charge is 0.493 e. The van der Waals surface area contributed by atoms with Gasteiger partial charge in [0.05, 0.1) is 27.2 Å². The number of ether oxygens (including phenoxy) is 2. The highest BCUT2D eigenvalue weighted by Gasteiger charge is 2.44. The Bertz CT molecular complexity index is 655. The van der Waals surface area contributed by atoms with Crippen LogP contribution >= 0.6 is 0 Å². The van der Waals surface area contributed by atoms with E-state index in [1.54, 1.807) is 19.1 Å². The summed E-state index contributed by atoms with van der Waals surface area (Å²) < 4.78 is 10.6. The van der Waals surface area contributed by atoms with E-state index in [1.807, 2.05) is 23.5 Å². The molecule has 3 rings (SSSR count). The Morgan fingerprint density at radius 2 is 1.81 bits per heavy atom. The molecule has 1 saturated heterocycles. The number of carbonyl (C=O) groups excluding carboxylic acids is 2. The van der Waals surface area contributed by atoms with Gasteiger partial charge in [0.2, 0.25) is 5.91 Å². The van der Waals surface area contributed by atoms with Crippen LogP contribution in [0.25, 0.3) is 0 Å². The van der Waals surface area contributed by atoms with Crippen LogP contribution in [0.3, 0.4) is 0 Å². The predicted molar refractivity (Wildman–Crippen MR) is 97.2 cm³/mol. The van der Waals surface area contributed by atoms with Crippen molar-refractivity contribution >= 4 is 11.8 Å². The van der Waals surface area contributed by atoms with Gasteiger partial charge in [0.1, 0.15) is 0 Å². The van der Waals surface area contributed by atoms with Gasteiger partial charge in [-0.1, -0.05) is 25.3 Å². The summed E-state index contributed by atoms with van der Waals surface area (Å²) in [6.07, 6.45) is 6.53. The molecule has 26 heavy (non-hydrogen) atoms. The monoisotopic (exact) mass is 361 g/mol. The number of quaternary nitrogens is 1. The second-order valence-corrected chi connectivity index (χ2v) is 7.17. The van der Waals surface area contributed by atoms with E-state index >= 15 is 0 Å². The Kier molecular flexibility index (Phi) is 6.14. The van der Waals surface area contributed by atoms with Gasteiger partial charge < -0.3 is 14.8 Å². The molecule has 6 nitrogen and oxygen atoms in total. The summed E-state index contributed by atoms with van der Waals surface area (Å²) in [5.74, 6) is 1.43. The van der Waals surface area contributed by atoms with E-state index in [-0.39, 0.29) is 23.9 Å². The Morgan fingerprint density at radius 3 is 2.50 bits per heavy atom. The van der Waals surface area contributed by atoms with Crippen molar-refractivity contribution in [3.63, 3.8) is 0 Å². The van der Waals surface area contributed by atoms with Gasteiger partial charge in [-0.15, -0.1) is 0 Å². The van der Waals surface area contributed by atoms with E-state index in [0.717, 1.165) is 44.2 Å². The van der Waals surface area contributed by atoms with E-state index in [9.17, 15) is 9.59 Å². The summed E-state index contributed by atoms with van der Waals surface area (Å²) in [4.78, 5) is 26.6. The number of nitrogens with zero attached hydrogens (tertiary/aromatic N) is 1. The summed E-state index contributed by atoms with van der Waals surface area (Å²) in [6, 6.07) is 5.73. The van der Waals surface area contributed by atoms with Crippen LogP contribution in [0, 0.1) is 0 Å². The first-order valence-corrected chi connectivity index (χ1v) is 9.54. The fraction of sp³-hybridized carbons (Fsp3) is 0.600. The topological polar surface area (TPSA) is 72.5 Å². The molecule has 6 heteroatoms. The molecule has 1 saturated carbocycles. The summed E-state index contributed by atoms with van der Waals surface area (Å²) >= 11 is 0. The number of likely N-dealkylation sites (tertiary alicyclic amines) is 1. The molecule has 2 aliphatic rings. The summed E-state index contributed by atoms with van der Waals surface area (Å²) in [6.45, 7) is 0.762. The Morgan fingerprint density at radius 1 is 1.08 bits per heavy atom. The highest BCUT2D eigenvalue weighted by molar-refractivity contribution is 6.05. The zero-order valence-corrected chi connectivity index (χ0v) is 15.7. The van der Waals surface area contributed by atoms with Crippen LogP contribution in [0.2, 0.25) is 0 Å². The smallest absolute Gasteiger partial charge is 0.288 e. The van der Waals surface area contributed by atoms with Crippen molar-refractivity contribution in [3.8, 4) is 11.5 Å². The molecule has 0 aromatic heterocycles. The average molecular weight is 361 g/mol. The molecule has 1 aliphatic heterocycles. The number of imide groups is 1. The second-order valence-electron chi connectivity index (χ2n) is 7.17. The average Bonchev–Trinajstić information content (AvgIpc) is 2.95. The normalized spacial score (nSPS) is 21.3. The molecule has 142 valence electrons. The quantitative estimate of drug-likeness (QED) is 0.743. The second kappa shape index (κ2) is 8.54. The van der Waals surface area contributed by atoms with Crippen molar-refractivity contribution in [3.05, 3.63) is 23.8 Å². The van der Waals surface area contributed by atoms with E-state index in [4.69, 9.17) is 9.47 Å². The van der Waals surface area contributed by atoms with Crippen LogP contribution < -0.4 is 14.8 Å². The molecular weight excluding hydrogens is 332 g/mol. The molecule has 1 aliphatic carbocycles. The lowest BCUT2D eigenvalue weighted by molar-refractivity contribution is -0.674. The molecular formula is C20H29N2O4+. The number of carbonyl (C=O) groups is 2. The molecule has 0 spiro atoms. The van der Waals surface area contributed by atoms with Gasteiger partial charge in [0, 0.05) is 12.5 Å². The SMILES string of the molecule is COc1ccc(CC[NH2+][C@H]2CC(=O)N(C3CCCCC3)C2=O)cc1OC. The number of nitrogens with two attached hydrogens (primary N) is 1. The fourth-order valence-electron chi connectivity index (χ4n) is 4.07. The third-order valence-electron chi connectivity index (χ3n) is 5.49. The van der Waals surface area contributed by atoms with Crippen molar-refractivity contribution in [2.75, 3.05) is 20.8 Å². The molecule has 1 atom stereocenters. The number of rotatable bonds is 7. The van der Waals surface area contributed by atoms with Crippen LogP contribution in [-0.4, -0.2) is 49.6 Å². The van der Waals surface area contributed by atoms with Crippen LogP contribution in [0.5, 0.6) is 11.5 Å². The minimum atomic E-state index is -0.260. The maximum Gasteiger partial charge on any atom is 0.288 e. The Labute approximate surface area is 154 Å². The van der Waals surface area contributed by atoms with Crippen molar-refractivity contribution in [1.82, 2.24) is 4.90 Å². The van der Waals surface area contributed by atoms with Gasteiger partial charge in [0.25, 0.3) is 5.91 Å². The number of benzene rings is 1. The zero-order chi connectivity index (χ0) is 18.5. The molecule has 1 heterocycles. The lowest BCUT2D eigenvalue weighted by Crippen LogP contribution is -2.92. The van der Waals surface area contributed by atoms with Crippen molar-refractivity contribution in [2.45, 2.75) is 57.0 Å². The number of amides is 2. The van der Waals surface area contributed by atoms with E-state index in [2.05, 4.69) is 0 Å². The van der Waals surface area contributed by atoms with E-state index in [0.29, 0.717) is 17.9 Å². The molecule has 2 N–H and O–H groups in total. The molecule has 1 aromatic rings. The van der Waals surface area contributed by atoms with Crippen molar-refractivity contribution in [1.29, 1.82) is 0 Å².